The van der Waals surface area contributed by atoms with E-state index in [0.29, 0.717) is 17.5 Å². The quantitative estimate of drug-likeness (QED) is 0.382. The van der Waals surface area contributed by atoms with E-state index in [-0.39, 0.29) is 12.3 Å². The number of ether oxygens (including phenoxy) is 1. The van der Waals surface area contributed by atoms with Crippen LogP contribution in [0.5, 0.6) is 0 Å². The van der Waals surface area contributed by atoms with E-state index in [2.05, 4.69) is 0 Å². The van der Waals surface area contributed by atoms with Crippen molar-refractivity contribution in [3.8, 4) is 0 Å². The number of imide groups is 1. The lowest BCUT2D eigenvalue weighted by Gasteiger charge is -2.51. The number of β-lactam (4-membered cyclic amide) rings is 1. The first-order valence-corrected chi connectivity index (χ1v) is 10.6. The SMILES string of the molecule is CC[C@@H](CC(=O)OC)N1C(=O)[C@H](N2C(=O)c3ccccc3C2=O)[C@@H]1C=Cc1ccccc1. The van der Waals surface area contributed by atoms with Gasteiger partial charge >= 0.3 is 5.97 Å². The Balaban J connectivity index is 1.68. The third kappa shape index (κ3) is 3.60. The first kappa shape index (κ1) is 21.5. The van der Waals surface area contributed by atoms with Gasteiger partial charge in [0, 0.05) is 6.04 Å². The predicted molar refractivity (Wildman–Crippen MR) is 118 cm³/mol. The molecule has 0 radical (unpaired) electrons. The molecule has 7 nitrogen and oxygen atoms in total. The summed E-state index contributed by atoms with van der Waals surface area (Å²) < 4.78 is 4.79. The molecule has 3 amide bonds. The fourth-order valence-electron chi connectivity index (χ4n) is 4.35. The van der Waals surface area contributed by atoms with Crippen LogP contribution in [0.2, 0.25) is 0 Å². The van der Waals surface area contributed by atoms with Crippen LogP contribution >= 0.6 is 0 Å². The molecule has 0 N–H and O–H groups in total. The number of benzene rings is 2. The molecule has 0 unspecified atom stereocenters. The van der Waals surface area contributed by atoms with Crippen molar-refractivity contribution in [2.24, 2.45) is 0 Å². The second-order valence-electron chi connectivity index (χ2n) is 7.82. The molecule has 164 valence electrons. The number of amides is 3. The number of hydrogen-bond acceptors (Lipinski definition) is 5. The fourth-order valence-corrected chi connectivity index (χ4v) is 4.35. The van der Waals surface area contributed by atoms with Crippen molar-refractivity contribution in [1.29, 1.82) is 0 Å². The number of nitrogens with zero attached hydrogens (tertiary/aromatic N) is 2. The van der Waals surface area contributed by atoms with Crippen molar-refractivity contribution < 1.29 is 23.9 Å². The Morgan fingerprint density at radius 3 is 2.16 bits per heavy atom. The summed E-state index contributed by atoms with van der Waals surface area (Å²) in [6.45, 7) is 1.88. The van der Waals surface area contributed by atoms with Crippen molar-refractivity contribution in [2.45, 2.75) is 37.9 Å². The first-order valence-electron chi connectivity index (χ1n) is 10.6. The summed E-state index contributed by atoms with van der Waals surface area (Å²) in [4.78, 5) is 53.9. The minimum absolute atomic E-state index is 0.0449. The lowest BCUT2D eigenvalue weighted by atomic mass is 9.88. The average molecular weight is 432 g/mol. The Morgan fingerprint density at radius 1 is 1.00 bits per heavy atom. The van der Waals surface area contributed by atoms with E-state index in [4.69, 9.17) is 4.74 Å². The second-order valence-corrected chi connectivity index (χ2v) is 7.82. The molecule has 0 aliphatic carbocycles. The predicted octanol–water partition coefficient (Wildman–Crippen LogP) is 2.92. The summed E-state index contributed by atoms with van der Waals surface area (Å²) in [6, 6.07) is 14.2. The molecule has 32 heavy (non-hydrogen) atoms. The molecular formula is C25H24N2O5. The third-order valence-electron chi connectivity index (χ3n) is 6.04. The molecule has 2 aromatic rings. The molecule has 1 fully saturated rings. The van der Waals surface area contributed by atoms with Crippen LogP contribution in [0.15, 0.2) is 60.7 Å². The van der Waals surface area contributed by atoms with E-state index in [1.807, 2.05) is 49.4 Å². The lowest BCUT2D eigenvalue weighted by molar-refractivity contribution is -0.159. The highest BCUT2D eigenvalue weighted by Crippen LogP contribution is 2.36. The molecule has 2 heterocycles. The van der Waals surface area contributed by atoms with Gasteiger partial charge in [0.1, 0.15) is 6.04 Å². The highest BCUT2D eigenvalue weighted by Gasteiger charge is 2.56. The van der Waals surface area contributed by atoms with E-state index in [1.165, 1.54) is 7.11 Å². The number of likely N-dealkylation sites (tertiary alicyclic amines) is 1. The van der Waals surface area contributed by atoms with Gasteiger partial charge in [0.2, 0.25) is 5.91 Å². The minimum Gasteiger partial charge on any atom is -0.469 e. The number of carbonyl (C=O) groups is 4. The fraction of sp³-hybridized carbons (Fsp3) is 0.280. The Bertz CT molecular complexity index is 1060. The van der Waals surface area contributed by atoms with E-state index in [1.54, 1.807) is 29.2 Å². The van der Waals surface area contributed by atoms with Gasteiger partial charge in [-0.25, -0.2) is 0 Å². The third-order valence-corrected chi connectivity index (χ3v) is 6.04. The molecule has 2 aromatic carbocycles. The molecular weight excluding hydrogens is 408 g/mol. The smallest absolute Gasteiger partial charge is 0.307 e. The van der Waals surface area contributed by atoms with Crippen molar-refractivity contribution in [2.75, 3.05) is 7.11 Å². The molecule has 7 heteroatoms. The molecule has 0 saturated carbocycles. The Hall–Kier alpha value is -3.74. The summed E-state index contributed by atoms with van der Waals surface area (Å²) in [5.74, 6) is -1.71. The van der Waals surface area contributed by atoms with Crippen LogP contribution in [0.1, 0.15) is 46.0 Å². The maximum Gasteiger partial charge on any atom is 0.307 e. The minimum atomic E-state index is -0.950. The number of hydrogen-bond donors (Lipinski definition) is 0. The Morgan fingerprint density at radius 2 is 1.59 bits per heavy atom. The number of esters is 1. The Kier molecular flexibility index (Phi) is 5.90. The van der Waals surface area contributed by atoms with Crippen molar-refractivity contribution in [3.05, 3.63) is 77.4 Å². The maximum atomic E-state index is 13.3. The van der Waals surface area contributed by atoms with Crippen LogP contribution in [-0.4, -0.2) is 58.7 Å². The summed E-state index contributed by atoms with van der Waals surface area (Å²) in [6.07, 6.45) is 4.26. The van der Waals surface area contributed by atoms with Crippen molar-refractivity contribution in [1.82, 2.24) is 9.80 Å². The molecule has 4 rings (SSSR count). The number of carbonyl (C=O) groups excluding carboxylic acids is 4. The molecule has 0 aromatic heterocycles. The van der Waals surface area contributed by atoms with E-state index < -0.39 is 35.9 Å². The zero-order valence-electron chi connectivity index (χ0n) is 17.9. The lowest BCUT2D eigenvalue weighted by Crippen LogP contribution is -2.73. The molecule has 1 saturated heterocycles. The Labute approximate surface area is 186 Å². The zero-order valence-corrected chi connectivity index (χ0v) is 17.9. The largest absolute Gasteiger partial charge is 0.469 e. The average Bonchev–Trinajstić information content (AvgIpc) is 3.06. The molecule has 3 atom stereocenters. The van der Waals surface area contributed by atoms with Crippen molar-refractivity contribution in [3.63, 3.8) is 0 Å². The van der Waals surface area contributed by atoms with Crippen LogP contribution < -0.4 is 0 Å². The van der Waals surface area contributed by atoms with Gasteiger partial charge < -0.3 is 9.64 Å². The van der Waals surface area contributed by atoms with Crippen molar-refractivity contribution >= 4 is 29.8 Å². The zero-order chi connectivity index (χ0) is 22.8. The summed E-state index contributed by atoms with van der Waals surface area (Å²) >= 11 is 0. The summed E-state index contributed by atoms with van der Waals surface area (Å²) in [5, 5.41) is 0. The highest BCUT2D eigenvalue weighted by atomic mass is 16.5. The maximum absolute atomic E-state index is 13.3. The normalized spacial score (nSPS) is 21.0. The number of fused-ring (bicyclic) bond motifs is 1. The van der Waals surface area contributed by atoms with Crippen LogP contribution in [0.3, 0.4) is 0 Å². The summed E-state index contributed by atoms with van der Waals surface area (Å²) in [5.41, 5.74) is 1.53. The van der Waals surface area contributed by atoms with Gasteiger partial charge in [0.25, 0.3) is 11.8 Å². The monoisotopic (exact) mass is 432 g/mol. The van der Waals surface area contributed by atoms with Gasteiger partial charge in [-0.3, -0.25) is 24.1 Å². The first-order chi connectivity index (χ1) is 15.5. The van der Waals surface area contributed by atoms with Crippen LogP contribution in [-0.2, 0) is 14.3 Å². The molecule has 2 aliphatic heterocycles. The number of methoxy groups -OCH3 is 1. The highest BCUT2D eigenvalue weighted by molar-refractivity contribution is 6.23. The van der Waals surface area contributed by atoms with Gasteiger partial charge in [-0.1, -0.05) is 61.5 Å². The van der Waals surface area contributed by atoms with E-state index in [0.717, 1.165) is 10.5 Å². The van der Waals surface area contributed by atoms with Gasteiger partial charge in [0.05, 0.1) is 30.7 Å². The molecule has 2 aliphatic rings. The van der Waals surface area contributed by atoms with Gasteiger partial charge in [0.15, 0.2) is 0 Å². The summed E-state index contributed by atoms with van der Waals surface area (Å²) in [7, 11) is 1.31. The number of rotatable bonds is 7. The van der Waals surface area contributed by atoms with E-state index in [9.17, 15) is 19.2 Å². The molecule has 0 bridgehead atoms. The van der Waals surface area contributed by atoms with Crippen LogP contribution in [0.4, 0.5) is 0 Å². The standard InChI is InChI=1S/C25H24N2O5/c1-3-17(15-21(28)32-2)26-20(14-13-16-9-5-4-6-10-16)22(25(26)31)27-23(29)18-11-7-8-12-19(18)24(27)30/h4-14,17,20,22H,3,15H2,1-2H3/t17-,20-,22+/m0/s1. The van der Waals surface area contributed by atoms with Gasteiger partial charge in [-0.2, -0.15) is 0 Å². The van der Waals surface area contributed by atoms with Crippen LogP contribution in [0.25, 0.3) is 6.08 Å². The molecule has 0 spiro atoms. The van der Waals surface area contributed by atoms with Gasteiger partial charge in [-0.15, -0.1) is 0 Å². The topological polar surface area (TPSA) is 84.0 Å². The van der Waals surface area contributed by atoms with E-state index >= 15 is 0 Å². The second kappa shape index (κ2) is 8.78. The van der Waals surface area contributed by atoms with Crippen LogP contribution in [0, 0.1) is 0 Å². The van der Waals surface area contributed by atoms with Gasteiger partial charge in [-0.05, 0) is 24.1 Å².